The third-order valence-corrected chi connectivity index (χ3v) is 1.74. The van der Waals surface area contributed by atoms with Crippen molar-refractivity contribution < 1.29 is 9.63 Å². The summed E-state index contributed by atoms with van der Waals surface area (Å²) >= 11 is 0. The first kappa shape index (κ1) is 11.2. The van der Waals surface area contributed by atoms with Crippen LogP contribution in [-0.4, -0.2) is 25.1 Å². The van der Waals surface area contributed by atoms with Gasteiger partial charge in [-0.15, -0.1) is 5.06 Å². The maximum Gasteiger partial charge on any atom is 0.352 e. The Morgan fingerprint density at radius 3 is 2.17 bits per heavy atom. The summed E-state index contributed by atoms with van der Waals surface area (Å²) in [6, 6.07) is 0. The molecule has 3 nitrogen and oxygen atoms in total. The minimum Gasteiger partial charge on any atom is -0.365 e. The summed E-state index contributed by atoms with van der Waals surface area (Å²) in [7, 11) is 3.37. The molecule has 0 N–H and O–H groups in total. The first-order valence-electron chi connectivity index (χ1n) is 4.05. The molecule has 0 aromatic heterocycles. The molecule has 0 aliphatic heterocycles. The van der Waals surface area contributed by atoms with Gasteiger partial charge in [0.05, 0.1) is 0 Å². The van der Waals surface area contributed by atoms with Crippen molar-refractivity contribution in [1.29, 1.82) is 0 Å². The topological polar surface area (TPSA) is 29.5 Å². The van der Waals surface area contributed by atoms with Gasteiger partial charge in [0, 0.05) is 19.7 Å². The lowest BCUT2D eigenvalue weighted by Crippen LogP contribution is -2.19. The molecule has 0 unspecified atom stereocenters. The van der Waals surface area contributed by atoms with E-state index in [9.17, 15) is 4.79 Å². The summed E-state index contributed by atoms with van der Waals surface area (Å²) < 4.78 is 0. The molecule has 0 aromatic rings. The fourth-order valence-corrected chi connectivity index (χ4v) is 0.674. The Morgan fingerprint density at radius 2 is 1.83 bits per heavy atom. The van der Waals surface area contributed by atoms with Crippen LogP contribution in [0.5, 0.6) is 0 Å². The van der Waals surface area contributed by atoms with Gasteiger partial charge in [0.25, 0.3) is 0 Å². The molecule has 0 heterocycles. The van der Waals surface area contributed by atoms with Crippen LogP contribution >= 0.6 is 0 Å². The largest absolute Gasteiger partial charge is 0.365 e. The average molecular weight is 171 g/mol. The molecule has 0 aliphatic rings. The third kappa shape index (κ3) is 3.53. The van der Waals surface area contributed by atoms with Crippen LogP contribution in [-0.2, 0) is 9.63 Å². The maximum absolute atomic E-state index is 11.2. The van der Waals surface area contributed by atoms with Crippen LogP contribution in [0.4, 0.5) is 0 Å². The molecule has 70 valence electrons. The monoisotopic (exact) mass is 171 g/mol. The highest BCUT2D eigenvalue weighted by molar-refractivity contribution is 5.88. The van der Waals surface area contributed by atoms with Crippen molar-refractivity contribution in [1.82, 2.24) is 5.06 Å². The highest BCUT2D eigenvalue weighted by Gasteiger charge is 2.09. The highest BCUT2D eigenvalue weighted by Crippen LogP contribution is 2.08. The zero-order chi connectivity index (χ0) is 9.72. The number of carbonyl (C=O) groups is 1. The molecule has 12 heavy (non-hydrogen) atoms. The van der Waals surface area contributed by atoms with Crippen LogP contribution < -0.4 is 0 Å². The fraction of sp³-hybridized carbons (Fsp3) is 0.667. The van der Waals surface area contributed by atoms with Crippen molar-refractivity contribution >= 4 is 5.97 Å². The molecule has 0 atom stereocenters. The Labute approximate surface area is 74.0 Å². The molecule has 3 heteroatoms. The van der Waals surface area contributed by atoms with E-state index in [4.69, 9.17) is 4.84 Å². The summed E-state index contributed by atoms with van der Waals surface area (Å²) in [5.41, 5.74) is 1.77. The van der Waals surface area contributed by atoms with Gasteiger partial charge >= 0.3 is 5.97 Å². The smallest absolute Gasteiger partial charge is 0.352 e. The molecule has 0 spiro atoms. The number of hydrogen-bond donors (Lipinski definition) is 0. The van der Waals surface area contributed by atoms with E-state index in [-0.39, 0.29) is 5.97 Å². The van der Waals surface area contributed by atoms with Gasteiger partial charge in [-0.1, -0.05) is 12.5 Å². The Hall–Kier alpha value is -0.830. The van der Waals surface area contributed by atoms with Crippen LogP contribution in [0.3, 0.4) is 0 Å². The summed E-state index contributed by atoms with van der Waals surface area (Å²) in [5, 5.41) is 1.40. The number of hydroxylamine groups is 2. The zero-order valence-electron chi connectivity index (χ0n) is 8.47. The van der Waals surface area contributed by atoms with Crippen molar-refractivity contribution in [3.8, 4) is 0 Å². The quantitative estimate of drug-likeness (QED) is 0.478. The summed E-state index contributed by atoms with van der Waals surface area (Å²) in [6.07, 6.45) is 0.883. The number of carbonyl (C=O) groups excluding carboxylic acids is 1. The highest BCUT2D eigenvalue weighted by atomic mass is 16.7. The van der Waals surface area contributed by atoms with Gasteiger partial charge in [-0.3, -0.25) is 0 Å². The first-order chi connectivity index (χ1) is 5.49. The second kappa shape index (κ2) is 4.93. The van der Waals surface area contributed by atoms with Crippen molar-refractivity contribution in [2.24, 2.45) is 0 Å². The van der Waals surface area contributed by atoms with Gasteiger partial charge in [0.2, 0.25) is 0 Å². The van der Waals surface area contributed by atoms with E-state index in [0.717, 1.165) is 12.0 Å². The van der Waals surface area contributed by atoms with Gasteiger partial charge < -0.3 is 4.84 Å². The number of rotatable bonds is 3. The molecule has 0 saturated carbocycles. The Balaban J connectivity index is 4.29. The summed E-state index contributed by atoms with van der Waals surface area (Å²) in [5.74, 6) is -0.264. The van der Waals surface area contributed by atoms with Crippen LogP contribution in [0.2, 0.25) is 0 Å². The SMILES string of the molecule is CCC(C)=C(C)C(=O)ON(C)C. The fourth-order valence-electron chi connectivity index (χ4n) is 0.674. The Kier molecular flexibility index (Phi) is 4.59. The average Bonchev–Trinajstić information content (AvgIpc) is 2.00. The number of hydrogen-bond acceptors (Lipinski definition) is 3. The van der Waals surface area contributed by atoms with Gasteiger partial charge in [-0.05, 0) is 20.3 Å². The second-order valence-corrected chi connectivity index (χ2v) is 2.95. The lowest BCUT2D eigenvalue weighted by molar-refractivity contribution is -0.173. The molecular formula is C9H17NO2. The van der Waals surface area contributed by atoms with Crippen molar-refractivity contribution in [2.45, 2.75) is 27.2 Å². The minimum atomic E-state index is -0.264. The van der Waals surface area contributed by atoms with Gasteiger partial charge in [0.1, 0.15) is 0 Å². The van der Waals surface area contributed by atoms with Crippen LogP contribution in [0.1, 0.15) is 27.2 Å². The Bertz CT molecular complexity index is 195. The van der Waals surface area contributed by atoms with Crippen LogP contribution in [0, 0.1) is 0 Å². The molecule has 0 radical (unpaired) electrons. The lowest BCUT2D eigenvalue weighted by atomic mass is 10.1. The van der Waals surface area contributed by atoms with Crippen molar-refractivity contribution in [3.63, 3.8) is 0 Å². The van der Waals surface area contributed by atoms with Crippen LogP contribution in [0.15, 0.2) is 11.1 Å². The van der Waals surface area contributed by atoms with Gasteiger partial charge in [-0.2, -0.15) is 0 Å². The normalized spacial score (nSPS) is 12.8. The molecule has 0 aromatic carbocycles. The molecular weight excluding hydrogens is 154 g/mol. The van der Waals surface area contributed by atoms with E-state index < -0.39 is 0 Å². The van der Waals surface area contributed by atoms with Crippen molar-refractivity contribution in [3.05, 3.63) is 11.1 Å². The van der Waals surface area contributed by atoms with Gasteiger partial charge in [-0.25, -0.2) is 4.79 Å². The van der Waals surface area contributed by atoms with E-state index in [0.29, 0.717) is 5.57 Å². The van der Waals surface area contributed by atoms with E-state index in [1.54, 1.807) is 21.0 Å². The van der Waals surface area contributed by atoms with Crippen molar-refractivity contribution in [2.75, 3.05) is 14.1 Å². The lowest BCUT2D eigenvalue weighted by Gasteiger charge is -2.11. The van der Waals surface area contributed by atoms with E-state index in [2.05, 4.69) is 0 Å². The Morgan fingerprint density at radius 1 is 1.33 bits per heavy atom. The predicted molar refractivity (Wildman–Crippen MR) is 48.4 cm³/mol. The molecule has 0 saturated heterocycles. The minimum absolute atomic E-state index is 0.264. The third-order valence-electron chi connectivity index (χ3n) is 1.74. The second-order valence-electron chi connectivity index (χ2n) is 2.95. The predicted octanol–water partition coefficient (Wildman–Crippen LogP) is 1.75. The first-order valence-corrected chi connectivity index (χ1v) is 4.05. The molecule has 0 rings (SSSR count). The molecule has 0 fully saturated rings. The summed E-state index contributed by atoms with van der Waals surface area (Å²) in [4.78, 5) is 16.1. The molecule has 0 amide bonds. The van der Waals surface area contributed by atoms with Crippen LogP contribution in [0.25, 0.3) is 0 Å². The van der Waals surface area contributed by atoms with E-state index in [1.165, 1.54) is 5.06 Å². The number of allylic oxidation sites excluding steroid dienone is 1. The van der Waals surface area contributed by atoms with E-state index >= 15 is 0 Å². The standard InChI is InChI=1S/C9H17NO2/c1-6-7(2)8(3)9(11)12-10(4)5/h6H2,1-5H3. The number of nitrogens with zero attached hydrogens (tertiary/aromatic N) is 1. The maximum atomic E-state index is 11.2. The molecule has 0 aliphatic carbocycles. The molecule has 0 bridgehead atoms. The van der Waals surface area contributed by atoms with E-state index in [1.807, 2.05) is 13.8 Å². The van der Waals surface area contributed by atoms with Gasteiger partial charge in [0.15, 0.2) is 0 Å². The summed E-state index contributed by atoms with van der Waals surface area (Å²) in [6.45, 7) is 5.73. The zero-order valence-corrected chi connectivity index (χ0v) is 8.47.